The van der Waals surface area contributed by atoms with Crippen molar-refractivity contribution in [1.29, 1.82) is 0 Å². The molecule has 0 unspecified atom stereocenters. The van der Waals surface area contributed by atoms with Crippen LogP contribution in [-0.2, 0) is 16.0 Å². The molecule has 0 bridgehead atoms. The molecule has 0 aliphatic carbocycles. The molecule has 0 atom stereocenters. The predicted octanol–water partition coefficient (Wildman–Crippen LogP) is 2.59. The Morgan fingerprint density at radius 2 is 1.94 bits per heavy atom. The van der Waals surface area contributed by atoms with Crippen LogP contribution in [0.2, 0.25) is 0 Å². The first-order chi connectivity index (χ1) is 8.23. The van der Waals surface area contributed by atoms with Crippen LogP contribution in [0.3, 0.4) is 0 Å². The number of hydrogen-bond donors (Lipinski definition) is 1. The third-order valence-electron chi connectivity index (χ3n) is 2.40. The molecule has 0 heterocycles. The molecule has 100 valence electrons. The van der Waals surface area contributed by atoms with Gasteiger partial charge in [-0.2, -0.15) is 0 Å². The molecular weight excluding hydrogens is 232 g/mol. The van der Waals surface area contributed by atoms with E-state index < -0.39 is 5.60 Å². The van der Waals surface area contributed by atoms with Crippen molar-refractivity contribution in [2.75, 3.05) is 7.11 Å². The minimum atomic E-state index is -0.521. The first-order valence-corrected chi connectivity index (χ1v) is 5.81. The molecule has 1 N–H and O–H groups in total. The van der Waals surface area contributed by atoms with Crippen molar-refractivity contribution in [2.45, 2.75) is 39.7 Å². The Morgan fingerprint density at radius 3 is 2.39 bits per heavy atom. The molecule has 0 saturated heterocycles. The second-order valence-electron chi connectivity index (χ2n) is 5.21. The summed E-state index contributed by atoms with van der Waals surface area (Å²) < 4.78 is 10.3. The SMILES string of the molecule is COc1cc(C)c(CC(=O)OC(C)(C)C)c(O)c1. The van der Waals surface area contributed by atoms with Gasteiger partial charge in [0.2, 0.25) is 0 Å². The lowest BCUT2D eigenvalue weighted by Crippen LogP contribution is -2.25. The van der Waals surface area contributed by atoms with Gasteiger partial charge in [0.1, 0.15) is 17.1 Å². The molecule has 1 rings (SSSR count). The van der Waals surface area contributed by atoms with Crippen molar-refractivity contribution in [2.24, 2.45) is 0 Å². The molecule has 0 aromatic heterocycles. The highest BCUT2D eigenvalue weighted by Crippen LogP contribution is 2.28. The zero-order chi connectivity index (χ0) is 13.9. The molecule has 1 aromatic carbocycles. The fourth-order valence-corrected chi connectivity index (χ4v) is 1.64. The van der Waals surface area contributed by atoms with Gasteiger partial charge in [-0.05, 0) is 39.3 Å². The molecule has 0 saturated carbocycles. The topological polar surface area (TPSA) is 55.8 Å². The molecule has 1 aromatic rings. The fraction of sp³-hybridized carbons (Fsp3) is 0.500. The predicted molar refractivity (Wildman–Crippen MR) is 68.9 cm³/mol. The first kappa shape index (κ1) is 14.4. The summed E-state index contributed by atoms with van der Waals surface area (Å²) in [4.78, 5) is 11.7. The number of aromatic hydroxyl groups is 1. The maximum Gasteiger partial charge on any atom is 0.310 e. The summed E-state index contributed by atoms with van der Waals surface area (Å²) in [5, 5.41) is 9.86. The Balaban J connectivity index is 2.88. The normalized spacial score (nSPS) is 11.2. The van der Waals surface area contributed by atoms with E-state index in [0.717, 1.165) is 5.56 Å². The van der Waals surface area contributed by atoms with E-state index in [1.54, 1.807) is 6.07 Å². The lowest BCUT2D eigenvalue weighted by molar-refractivity contribution is -0.153. The number of hydrogen-bond acceptors (Lipinski definition) is 4. The highest BCUT2D eigenvalue weighted by atomic mass is 16.6. The van der Waals surface area contributed by atoms with Crippen molar-refractivity contribution >= 4 is 5.97 Å². The average Bonchev–Trinajstić information content (AvgIpc) is 2.20. The van der Waals surface area contributed by atoms with Crippen molar-refractivity contribution < 1.29 is 19.4 Å². The number of ether oxygens (including phenoxy) is 2. The van der Waals surface area contributed by atoms with Gasteiger partial charge < -0.3 is 14.6 Å². The van der Waals surface area contributed by atoms with Crippen LogP contribution in [0, 0.1) is 6.92 Å². The molecule has 18 heavy (non-hydrogen) atoms. The molecule has 0 spiro atoms. The van der Waals surface area contributed by atoms with E-state index in [-0.39, 0.29) is 18.1 Å². The number of rotatable bonds is 3. The molecule has 0 aliphatic heterocycles. The maximum atomic E-state index is 11.7. The minimum absolute atomic E-state index is 0.0534. The van der Waals surface area contributed by atoms with Gasteiger partial charge in [-0.3, -0.25) is 4.79 Å². The van der Waals surface area contributed by atoms with Crippen LogP contribution in [-0.4, -0.2) is 23.8 Å². The van der Waals surface area contributed by atoms with Crippen molar-refractivity contribution in [3.8, 4) is 11.5 Å². The first-order valence-electron chi connectivity index (χ1n) is 5.81. The van der Waals surface area contributed by atoms with Gasteiger partial charge in [-0.15, -0.1) is 0 Å². The summed E-state index contributed by atoms with van der Waals surface area (Å²) >= 11 is 0. The van der Waals surface area contributed by atoms with E-state index in [1.165, 1.54) is 13.2 Å². The smallest absolute Gasteiger partial charge is 0.310 e. The van der Waals surface area contributed by atoms with Crippen LogP contribution in [0.15, 0.2) is 12.1 Å². The molecule has 0 radical (unpaired) electrons. The minimum Gasteiger partial charge on any atom is -0.508 e. The van der Waals surface area contributed by atoms with E-state index in [2.05, 4.69) is 0 Å². The van der Waals surface area contributed by atoms with Crippen LogP contribution in [0.5, 0.6) is 11.5 Å². The van der Waals surface area contributed by atoms with Crippen molar-refractivity contribution in [1.82, 2.24) is 0 Å². The highest BCUT2D eigenvalue weighted by molar-refractivity contribution is 5.74. The summed E-state index contributed by atoms with van der Waals surface area (Å²) in [5.41, 5.74) is 0.857. The molecule has 4 heteroatoms. The van der Waals surface area contributed by atoms with Gasteiger partial charge in [0.05, 0.1) is 13.5 Å². The van der Waals surface area contributed by atoms with Crippen molar-refractivity contribution in [3.63, 3.8) is 0 Å². The van der Waals surface area contributed by atoms with Gasteiger partial charge in [0.15, 0.2) is 0 Å². The summed E-state index contributed by atoms with van der Waals surface area (Å²) in [6.07, 6.45) is 0.0545. The largest absolute Gasteiger partial charge is 0.508 e. The molecular formula is C14H20O4. The molecule has 0 fully saturated rings. The Morgan fingerprint density at radius 1 is 1.33 bits per heavy atom. The number of esters is 1. The lowest BCUT2D eigenvalue weighted by Gasteiger charge is -2.20. The van der Waals surface area contributed by atoms with Crippen LogP contribution in [0.4, 0.5) is 0 Å². The van der Waals surface area contributed by atoms with E-state index in [1.807, 2.05) is 27.7 Å². The number of aryl methyl sites for hydroxylation is 1. The quantitative estimate of drug-likeness (QED) is 0.840. The second-order valence-corrected chi connectivity index (χ2v) is 5.21. The third kappa shape index (κ3) is 3.95. The summed E-state index contributed by atoms with van der Waals surface area (Å²) in [7, 11) is 1.53. The second kappa shape index (κ2) is 5.29. The highest BCUT2D eigenvalue weighted by Gasteiger charge is 2.19. The monoisotopic (exact) mass is 252 g/mol. The maximum absolute atomic E-state index is 11.7. The van der Waals surface area contributed by atoms with Crippen molar-refractivity contribution in [3.05, 3.63) is 23.3 Å². The fourth-order valence-electron chi connectivity index (χ4n) is 1.64. The number of carbonyl (C=O) groups excluding carboxylic acids is 1. The number of carbonyl (C=O) groups is 1. The zero-order valence-electron chi connectivity index (χ0n) is 11.5. The molecule has 4 nitrogen and oxygen atoms in total. The van der Waals surface area contributed by atoms with Crippen LogP contribution in [0.1, 0.15) is 31.9 Å². The van der Waals surface area contributed by atoms with Gasteiger partial charge in [0.25, 0.3) is 0 Å². The standard InChI is InChI=1S/C14H20O4/c1-9-6-10(17-5)7-12(15)11(9)8-13(16)18-14(2,3)4/h6-7,15H,8H2,1-5H3. The van der Waals surface area contributed by atoms with Crippen LogP contribution < -0.4 is 4.74 Å². The van der Waals surface area contributed by atoms with Crippen LogP contribution >= 0.6 is 0 Å². The number of benzene rings is 1. The summed E-state index contributed by atoms with van der Waals surface area (Å²) in [5.74, 6) is 0.265. The Bertz CT molecular complexity index is 421. The number of phenolic OH excluding ortho intramolecular Hbond substituents is 1. The lowest BCUT2D eigenvalue weighted by atomic mass is 10.0. The number of methoxy groups -OCH3 is 1. The zero-order valence-corrected chi connectivity index (χ0v) is 11.5. The van der Waals surface area contributed by atoms with Gasteiger partial charge in [0, 0.05) is 11.6 Å². The number of phenols is 1. The van der Waals surface area contributed by atoms with Crippen LogP contribution in [0.25, 0.3) is 0 Å². The average molecular weight is 252 g/mol. The van der Waals surface area contributed by atoms with Gasteiger partial charge in [-0.1, -0.05) is 0 Å². The summed E-state index contributed by atoms with van der Waals surface area (Å²) in [6.45, 7) is 7.25. The summed E-state index contributed by atoms with van der Waals surface area (Å²) in [6, 6.07) is 3.27. The van der Waals surface area contributed by atoms with Gasteiger partial charge >= 0.3 is 5.97 Å². The van der Waals surface area contributed by atoms with Gasteiger partial charge in [-0.25, -0.2) is 0 Å². The Labute approximate surface area is 108 Å². The van der Waals surface area contributed by atoms with E-state index >= 15 is 0 Å². The van der Waals surface area contributed by atoms with E-state index in [9.17, 15) is 9.90 Å². The van der Waals surface area contributed by atoms with E-state index in [4.69, 9.17) is 9.47 Å². The Kier molecular flexibility index (Phi) is 4.22. The molecule has 0 amide bonds. The molecule has 0 aliphatic rings. The Hall–Kier alpha value is -1.71. The van der Waals surface area contributed by atoms with E-state index in [0.29, 0.717) is 11.3 Å². The third-order valence-corrected chi connectivity index (χ3v) is 2.40.